The quantitative estimate of drug-likeness (QED) is 0.383. The van der Waals surface area contributed by atoms with Gasteiger partial charge in [0.1, 0.15) is 5.41 Å². The predicted molar refractivity (Wildman–Crippen MR) is 122 cm³/mol. The molecule has 0 spiro atoms. The first-order valence-corrected chi connectivity index (χ1v) is 11.0. The average Bonchev–Trinajstić information content (AvgIpc) is 3.20. The van der Waals surface area contributed by atoms with Crippen molar-refractivity contribution in [3.63, 3.8) is 0 Å². The average molecular weight is 411 g/mol. The van der Waals surface area contributed by atoms with Crippen LogP contribution in [0.1, 0.15) is 34.4 Å². The number of fused-ring (bicyclic) bond motifs is 1. The van der Waals surface area contributed by atoms with Gasteiger partial charge in [-0.1, -0.05) is 72.8 Å². The topological polar surface area (TPSA) is 34.1 Å². The molecule has 1 aliphatic carbocycles. The van der Waals surface area contributed by atoms with Gasteiger partial charge in [-0.15, -0.1) is 11.3 Å². The van der Waals surface area contributed by atoms with Crippen molar-refractivity contribution in [2.45, 2.75) is 25.2 Å². The van der Waals surface area contributed by atoms with E-state index in [-0.39, 0.29) is 17.5 Å². The molecule has 1 fully saturated rings. The number of thiophene rings is 1. The molecule has 5 rings (SSSR count). The fourth-order valence-electron chi connectivity index (χ4n) is 4.64. The minimum Gasteiger partial charge on any atom is -0.297 e. The molecular formula is C27H22O2S. The molecule has 30 heavy (non-hydrogen) atoms. The van der Waals surface area contributed by atoms with Gasteiger partial charge in [0.25, 0.3) is 0 Å². The fraction of sp³-hybridized carbons (Fsp3) is 0.185. The molecule has 1 heterocycles. The number of aryl methyl sites for hydroxylation is 1. The van der Waals surface area contributed by atoms with Crippen LogP contribution in [-0.4, -0.2) is 11.6 Å². The zero-order valence-corrected chi connectivity index (χ0v) is 17.8. The zero-order valence-electron chi connectivity index (χ0n) is 17.0. The van der Waals surface area contributed by atoms with E-state index in [4.69, 9.17) is 0 Å². The van der Waals surface area contributed by atoms with Gasteiger partial charge in [-0.05, 0) is 48.1 Å². The molecule has 1 atom stereocenters. The van der Waals surface area contributed by atoms with Gasteiger partial charge in [-0.2, -0.15) is 0 Å². The largest absolute Gasteiger partial charge is 0.297 e. The van der Waals surface area contributed by atoms with Crippen LogP contribution in [0.25, 0.3) is 10.1 Å². The molecule has 3 heteroatoms. The molecule has 2 nitrogen and oxygen atoms in total. The molecule has 1 aliphatic rings. The SMILES string of the molecule is Cc1ccc2cc(C(c3ccccc3)C3C(=O)C(C)(c4ccccc4)C3=O)sc2c1. The van der Waals surface area contributed by atoms with E-state index in [9.17, 15) is 9.59 Å². The Morgan fingerprint density at radius 2 is 1.47 bits per heavy atom. The van der Waals surface area contributed by atoms with Crippen LogP contribution in [0.2, 0.25) is 0 Å². The van der Waals surface area contributed by atoms with Crippen molar-refractivity contribution in [3.8, 4) is 0 Å². The van der Waals surface area contributed by atoms with Gasteiger partial charge in [-0.3, -0.25) is 9.59 Å². The Kier molecular flexibility index (Phi) is 4.44. The second kappa shape index (κ2) is 7.03. The van der Waals surface area contributed by atoms with Crippen LogP contribution < -0.4 is 0 Å². The molecule has 0 radical (unpaired) electrons. The molecule has 1 unspecified atom stereocenters. The summed E-state index contributed by atoms with van der Waals surface area (Å²) in [5.74, 6) is -0.866. The minimum atomic E-state index is -1.05. The van der Waals surface area contributed by atoms with Crippen molar-refractivity contribution in [2.24, 2.45) is 5.92 Å². The molecule has 0 aliphatic heterocycles. The maximum Gasteiger partial charge on any atom is 0.162 e. The lowest BCUT2D eigenvalue weighted by atomic mass is 9.53. The highest BCUT2D eigenvalue weighted by Gasteiger charge is 2.62. The Balaban J connectivity index is 1.62. The van der Waals surface area contributed by atoms with Crippen LogP contribution in [0.4, 0.5) is 0 Å². The summed E-state index contributed by atoms with van der Waals surface area (Å²) in [6, 6.07) is 27.9. The van der Waals surface area contributed by atoms with Crippen LogP contribution >= 0.6 is 11.3 Å². The first kappa shape index (κ1) is 19.0. The van der Waals surface area contributed by atoms with E-state index in [0.717, 1.165) is 21.4 Å². The van der Waals surface area contributed by atoms with Crippen LogP contribution in [-0.2, 0) is 15.0 Å². The Labute approximate surface area is 180 Å². The number of ketones is 2. The summed E-state index contributed by atoms with van der Waals surface area (Å²) in [5, 5.41) is 1.16. The zero-order chi connectivity index (χ0) is 20.9. The normalized spacial score (nSPS) is 22.1. The van der Waals surface area contributed by atoms with Crippen molar-refractivity contribution >= 4 is 33.0 Å². The summed E-state index contributed by atoms with van der Waals surface area (Å²) in [5.41, 5.74) is 1.96. The third-order valence-corrected chi connectivity index (χ3v) is 7.58. The van der Waals surface area contributed by atoms with E-state index in [0.29, 0.717) is 0 Å². The molecule has 0 N–H and O–H groups in total. The summed E-state index contributed by atoms with van der Waals surface area (Å²) < 4.78 is 1.19. The molecule has 148 valence electrons. The van der Waals surface area contributed by atoms with E-state index >= 15 is 0 Å². The third-order valence-electron chi connectivity index (χ3n) is 6.39. The summed E-state index contributed by atoms with van der Waals surface area (Å²) in [6.07, 6.45) is 0. The number of carbonyl (C=O) groups is 2. The Morgan fingerprint density at radius 3 is 2.13 bits per heavy atom. The summed E-state index contributed by atoms with van der Waals surface area (Å²) >= 11 is 1.69. The van der Waals surface area contributed by atoms with E-state index in [1.807, 2.05) is 60.7 Å². The minimum absolute atomic E-state index is 0.0150. The smallest absolute Gasteiger partial charge is 0.162 e. The molecule has 4 aromatic rings. The number of hydrogen-bond acceptors (Lipinski definition) is 3. The van der Waals surface area contributed by atoms with Gasteiger partial charge in [-0.25, -0.2) is 0 Å². The monoisotopic (exact) mass is 410 g/mol. The van der Waals surface area contributed by atoms with Crippen molar-refractivity contribution < 1.29 is 9.59 Å². The third kappa shape index (κ3) is 2.77. The molecule has 0 saturated heterocycles. The van der Waals surface area contributed by atoms with Crippen LogP contribution in [0.3, 0.4) is 0 Å². The van der Waals surface area contributed by atoms with Crippen LogP contribution in [0, 0.1) is 12.8 Å². The standard InChI is InChI=1S/C27H22O2S/c1-17-13-14-19-16-22(30-21(19)15-17)23(18-9-5-3-6-10-18)24-25(28)27(2,26(24)29)20-11-7-4-8-12-20/h3-16,23-24H,1-2H3. The Bertz CT molecular complexity index is 1240. The Morgan fingerprint density at radius 1 is 0.833 bits per heavy atom. The highest BCUT2D eigenvalue weighted by Crippen LogP contribution is 2.50. The van der Waals surface area contributed by atoms with Crippen LogP contribution in [0.15, 0.2) is 84.9 Å². The Hall–Kier alpha value is -3.04. The van der Waals surface area contributed by atoms with Gasteiger partial charge >= 0.3 is 0 Å². The van der Waals surface area contributed by atoms with E-state index in [1.54, 1.807) is 18.3 Å². The summed E-state index contributed by atoms with van der Waals surface area (Å²) in [7, 11) is 0. The molecule has 3 aromatic carbocycles. The van der Waals surface area contributed by atoms with E-state index in [1.165, 1.54) is 10.3 Å². The summed E-state index contributed by atoms with van der Waals surface area (Å²) in [4.78, 5) is 28.1. The van der Waals surface area contributed by atoms with Crippen molar-refractivity contribution in [3.05, 3.63) is 106 Å². The number of Topliss-reactive ketones (excluding diaryl/α,β-unsaturated/α-hetero) is 2. The first-order valence-electron chi connectivity index (χ1n) is 10.2. The lowest BCUT2D eigenvalue weighted by molar-refractivity contribution is -0.153. The maximum absolute atomic E-state index is 13.5. The first-order chi connectivity index (χ1) is 14.5. The highest BCUT2D eigenvalue weighted by atomic mass is 32.1. The number of carbonyl (C=O) groups excluding carboxylic acids is 2. The fourth-order valence-corrected chi connectivity index (χ4v) is 5.97. The lowest BCUT2D eigenvalue weighted by Gasteiger charge is -2.45. The van der Waals surface area contributed by atoms with E-state index < -0.39 is 11.3 Å². The molecular weight excluding hydrogens is 388 g/mol. The molecule has 1 saturated carbocycles. The van der Waals surface area contributed by atoms with Gasteiger partial charge in [0, 0.05) is 15.5 Å². The van der Waals surface area contributed by atoms with E-state index in [2.05, 4.69) is 31.2 Å². The number of hydrogen-bond donors (Lipinski definition) is 0. The van der Waals surface area contributed by atoms with Crippen LogP contribution in [0.5, 0.6) is 0 Å². The van der Waals surface area contributed by atoms with Crippen molar-refractivity contribution in [1.29, 1.82) is 0 Å². The number of rotatable bonds is 4. The molecule has 0 bridgehead atoms. The van der Waals surface area contributed by atoms with Crippen molar-refractivity contribution in [2.75, 3.05) is 0 Å². The van der Waals surface area contributed by atoms with Gasteiger partial charge < -0.3 is 0 Å². The van der Waals surface area contributed by atoms with Gasteiger partial charge in [0.2, 0.25) is 0 Å². The predicted octanol–water partition coefficient (Wildman–Crippen LogP) is 6.07. The van der Waals surface area contributed by atoms with Gasteiger partial charge in [0.15, 0.2) is 11.6 Å². The summed E-state index contributed by atoms with van der Waals surface area (Å²) in [6.45, 7) is 3.86. The molecule has 1 aromatic heterocycles. The second-order valence-corrected chi connectivity index (χ2v) is 9.39. The second-order valence-electron chi connectivity index (χ2n) is 8.28. The highest BCUT2D eigenvalue weighted by molar-refractivity contribution is 7.19. The number of benzene rings is 3. The molecule has 0 amide bonds. The van der Waals surface area contributed by atoms with Gasteiger partial charge in [0.05, 0.1) is 5.92 Å². The lowest BCUT2D eigenvalue weighted by Crippen LogP contribution is -2.62. The maximum atomic E-state index is 13.5. The van der Waals surface area contributed by atoms with Crippen molar-refractivity contribution in [1.82, 2.24) is 0 Å².